The van der Waals surface area contributed by atoms with Gasteiger partial charge in [-0.3, -0.25) is 19.1 Å². The number of nitro benzene ring substituents is 1. The molecule has 3 unspecified atom stereocenters. The van der Waals surface area contributed by atoms with Crippen molar-refractivity contribution in [3.63, 3.8) is 0 Å². The van der Waals surface area contributed by atoms with E-state index in [2.05, 4.69) is 0 Å². The van der Waals surface area contributed by atoms with E-state index in [9.17, 15) is 29.0 Å². The summed E-state index contributed by atoms with van der Waals surface area (Å²) in [5.74, 6) is -1.77. The number of alkyl halides is 1. The highest BCUT2D eigenvalue weighted by atomic mass is 35.5. The maximum absolute atomic E-state index is 12.9. The van der Waals surface area contributed by atoms with E-state index < -0.39 is 55.4 Å². The van der Waals surface area contributed by atoms with Crippen LogP contribution in [0.2, 0.25) is 0 Å². The third-order valence-corrected chi connectivity index (χ3v) is 8.14. The molecule has 1 aromatic carbocycles. The van der Waals surface area contributed by atoms with Crippen LogP contribution in [0.25, 0.3) is 0 Å². The topological polar surface area (TPSA) is 127 Å². The van der Waals surface area contributed by atoms with E-state index >= 15 is 0 Å². The molecule has 0 radical (unpaired) electrons. The van der Waals surface area contributed by atoms with E-state index in [-0.39, 0.29) is 24.5 Å². The average molecular weight is 459 g/mol. The third kappa shape index (κ3) is 3.72. The van der Waals surface area contributed by atoms with Crippen molar-refractivity contribution >= 4 is 40.0 Å². The molecule has 5 atom stereocenters. The van der Waals surface area contributed by atoms with Gasteiger partial charge in [0.1, 0.15) is 6.61 Å². The molecule has 0 bridgehead atoms. The highest BCUT2D eigenvalue weighted by Gasteiger charge is 2.70. The van der Waals surface area contributed by atoms with Crippen LogP contribution in [0.4, 0.5) is 5.69 Å². The van der Waals surface area contributed by atoms with Crippen LogP contribution >= 0.6 is 11.6 Å². The Morgan fingerprint density at radius 1 is 1.43 bits per heavy atom. The number of amides is 1. The fourth-order valence-corrected chi connectivity index (χ4v) is 6.15. The summed E-state index contributed by atoms with van der Waals surface area (Å²) in [7, 11) is -1.62. The van der Waals surface area contributed by atoms with Crippen LogP contribution in [0.1, 0.15) is 32.8 Å². The van der Waals surface area contributed by atoms with Gasteiger partial charge in [0.25, 0.3) is 5.69 Å². The Bertz CT molecular complexity index is 901. The molecule has 164 valence electrons. The highest BCUT2D eigenvalue weighted by Crippen LogP contribution is 2.52. The number of hydrogen-bond donors (Lipinski definition) is 1. The standard InChI is InChI=1S/C19H23ClN2O7S/c1-4-30(28)19(20)9-13-14(18(2,3)25)16(23)21(13)15(19)17(24)29-10-11-5-7-12(8-6-11)22(26)27/h5-8,13-15,25H,4,9-10H2,1-3H3/t13-,14+,15?,19?,30?/m1/s1. The van der Waals surface area contributed by atoms with Crippen molar-refractivity contribution in [1.82, 2.24) is 4.90 Å². The molecule has 3 rings (SSSR count). The van der Waals surface area contributed by atoms with E-state index in [0.29, 0.717) is 5.56 Å². The van der Waals surface area contributed by atoms with Crippen molar-refractivity contribution < 1.29 is 28.6 Å². The number of carbonyl (C=O) groups excluding carboxylic acids is 2. The van der Waals surface area contributed by atoms with Crippen LogP contribution in [0.15, 0.2) is 24.3 Å². The molecule has 2 saturated heterocycles. The Morgan fingerprint density at radius 2 is 2.03 bits per heavy atom. The van der Waals surface area contributed by atoms with Crippen LogP contribution < -0.4 is 0 Å². The lowest BCUT2D eigenvalue weighted by Gasteiger charge is -2.49. The maximum Gasteiger partial charge on any atom is 0.332 e. The van der Waals surface area contributed by atoms with Crippen LogP contribution in [-0.2, 0) is 31.7 Å². The number of nitro groups is 1. The second-order valence-electron chi connectivity index (χ2n) is 8.00. The Labute approximate surface area is 180 Å². The average Bonchev–Trinajstić information content (AvgIpc) is 2.94. The van der Waals surface area contributed by atoms with E-state index in [4.69, 9.17) is 16.3 Å². The zero-order valence-electron chi connectivity index (χ0n) is 16.7. The first-order chi connectivity index (χ1) is 13.9. The van der Waals surface area contributed by atoms with Gasteiger partial charge >= 0.3 is 5.97 Å². The minimum absolute atomic E-state index is 0.0920. The van der Waals surface area contributed by atoms with Gasteiger partial charge in [-0.15, -0.1) is 11.6 Å². The number of rotatable bonds is 7. The number of nitrogens with zero attached hydrogens (tertiary/aromatic N) is 2. The number of β-lactam (4-membered cyclic amide) rings is 1. The van der Waals surface area contributed by atoms with Crippen LogP contribution in [0, 0.1) is 16.0 Å². The molecule has 2 aliphatic rings. The van der Waals surface area contributed by atoms with Gasteiger partial charge in [-0.1, -0.05) is 6.92 Å². The van der Waals surface area contributed by atoms with E-state index in [1.54, 1.807) is 6.92 Å². The Hall–Kier alpha value is -2.04. The molecule has 1 aromatic rings. The van der Waals surface area contributed by atoms with Crippen molar-refractivity contribution in [2.45, 2.75) is 55.7 Å². The number of hydrogen-bond acceptors (Lipinski definition) is 7. The Morgan fingerprint density at radius 3 is 2.53 bits per heavy atom. The third-order valence-electron chi connectivity index (χ3n) is 5.59. The number of non-ortho nitro benzene ring substituents is 1. The SMILES string of the molecule is CCS(=O)C1(Cl)C[C@@H]2[C@H](C(C)(C)O)C(=O)N2C1C(=O)OCc1ccc([N+](=O)[O-])cc1. The quantitative estimate of drug-likeness (QED) is 0.216. The molecule has 1 N–H and O–H groups in total. The lowest BCUT2D eigenvalue weighted by atomic mass is 9.76. The number of esters is 1. The van der Waals surface area contributed by atoms with Gasteiger partial charge < -0.3 is 14.7 Å². The van der Waals surface area contributed by atoms with Crippen LogP contribution in [0.3, 0.4) is 0 Å². The fourth-order valence-electron chi connectivity index (χ4n) is 4.17. The lowest BCUT2D eigenvalue weighted by Crippen LogP contribution is -2.68. The summed E-state index contributed by atoms with van der Waals surface area (Å²) in [6, 6.07) is 3.75. The number of fused-ring (bicyclic) bond motifs is 1. The zero-order valence-corrected chi connectivity index (χ0v) is 18.3. The number of aliphatic hydroxyl groups is 1. The molecule has 0 aliphatic carbocycles. The summed E-state index contributed by atoms with van der Waals surface area (Å²) in [5.41, 5.74) is -0.878. The zero-order chi connectivity index (χ0) is 22.4. The van der Waals surface area contributed by atoms with Crippen molar-refractivity contribution in [2.24, 2.45) is 5.92 Å². The number of carbonyl (C=O) groups is 2. The summed E-state index contributed by atoms with van der Waals surface area (Å²) in [5, 5.41) is 21.1. The Kier molecular flexibility index (Phi) is 5.96. The molecule has 0 saturated carbocycles. The summed E-state index contributed by atoms with van der Waals surface area (Å²) >= 11 is 6.68. The van der Waals surface area contributed by atoms with Gasteiger partial charge in [0.15, 0.2) is 10.2 Å². The monoisotopic (exact) mass is 458 g/mol. The van der Waals surface area contributed by atoms with Crippen LogP contribution in [-0.4, -0.2) is 58.7 Å². The summed E-state index contributed by atoms with van der Waals surface area (Å²) in [6.45, 7) is 4.52. The van der Waals surface area contributed by atoms with Crippen molar-refractivity contribution in [3.8, 4) is 0 Å². The molecule has 2 fully saturated rings. The van der Waals surface area contributed by atoms with Gasteiger partial charge in [-0.2, -0.15) is 0 Å². The van der Waals surface area contributed by atoms with Crippen molar-refractivity contribution in [2.75, 3.05) is 5.75 Å². The summed E-state index contributed by atoms with van der Waals surface area (Å²) in [4.78, 5) is 37.1. The first-order valence-electron chi connectivity index (χ1n) is 9.43. The fraction of sp³-hybridized carbons (Fsp3) is 0.579. The minimum Gasteiger partial charge on any atom is -0.459 e. The lowest BCUT2D eigenvalue weighted by molar-refractivity contribution is -0.384. The Balaban J connectivity index is 1.80. The van der Waals surface area contributed by atoms with Gasteiger partial charge in [0.2, 0.25) is 5.91 Å². The van der Waals surface area contributed by atoms with Crippen LogP contribution in [0.5, 0.6) is 0 Å². The molecule has 2 heterocycles. The van der Waals surface area contributed by atoms with E-state index in [1.165, 1.54) is 43.0 Å². The van der Waals surface area contributed by atoms with Crippen molar-refractivity contribution in [1.29, 1.82) is 0 Å². The van der Waals surface area contributed by atoms with Gasteiger partial charge in [0.05, 0.1) is 16.4 Å². The molecule has 1 amide bonds. The molecule has 0 aromatic heterocycles. The second kappa shape index (κ2) is 7.90. The van der Waals surface area contributed by atoms with Crippen molar-refractivity contribution in [3.05, 3.63) is 39.9 Å². The predicted octanol–water partition coefficient (Wildman–Crippen LogP) is 1.71. The summed E-state index contributed by atoms with van der Waals surface area (Å²) in [6.07, 6.45) is 0.104. The molecular formula is C19H23ClN2O7S. The normalized spacial score (nSPS) is 29.2. The second-order valence-corrected chi connectivity index (χ2v) is 10.9. The summed E-state index contributed by atoms with van der Waals surface area (Å²) < 4.78 is 16.5. The molecular weight excluding hydrogens is 436 g/mol. The highest BCUT2D eigenvalue weighted by molar-refractivity contribution is 7.88. The first kappa shape index (κ1) is 22.6. The molecule has 0 spiro atoms. The molecule has 2 aliphatic heterocycles. The molecule has 9 nitrogen and oxygen atoms in total. The minimum atomic E-state index is -1.62. The van der Waals surface area contributed by atoms with E-state index in [1.807, 2.05) is 0 Å². The van der Waals surface area contributed by atoms with Gasteiger partial charge in [-0.05, 0) is 31.5 Å². The van der Waals surface area contributed by atoms with Gasteiger partial charge in [0, 0.05) is 41.1 Å². The van der Waals surface area contributed by atoms with Gasteiger partial charge in [-0.25, -0.2) is 4.79 Å². The predicted molar refractivity (Wildman–Crippen MR) is 109 cm³/mol. The number of benzene rings is 1. The van der Waals surface area contributed by atoms with E-state index in [0.717, 1.165) is 0 Å². The first-order valence-corrected chi connectivity index (χ1v) is 11.1. The number of ether oxygens (including phenoxy) is 1. The maximum atomic E-state index is 12.9. The molecule has 11 heteroatoms. The smallest absolute Gasteiger partial charge is 0.332 e. The largest absolute Gasteiger partial charge is 0.459 e. The number of halogens is 1. The molecule has 30 heavy (non-hydrogen) atoms.